The average molecular weight is 269 g/mol. The molecule has 0 unspecified atom stereocenters. The third-order valence-corrected chi connectivity index (χ3v) is 3.77. The normalized spacial score (nSPS) is 19.8. The summed E-state index contributed by atoms with van der Waals surface area (Å²) in [6, 6.07) is 3.72. The van der Waals surface area contributed by atoms with Gasteiger partial charge < -0.3 is 14.7 Å². The van der Waals surface area contributed by atoms with Crippen molar-refractivity contribution >= 4 is 23.2 Å². The Bertz CT molecular complexity index is 457. The third-order valence-electron chi connectivity index (χ3n) is 2.78. The molecular weight excluding hydrogens is 254 g/mol. The number of aryl methyl sites for hydroxylation is 1. The average Bonchev–Trinajstić information content (AvgIpc) is 2.74. The van der Waals surface area contributed by atoms with Gasteiger partial charge in [0.15, 0.2) is 0 Å². The summed E-state index contributed by atoms with van der Waals surface area (Å²) in [5.41, 5.74) is 0. The summed E-state index contributed by atoms with van der Waals surface area (Å²) in [4.78, 5) is 26.3. The van der Waals surface area contributed by atoms with Gasteiger partial charge in [-0.2, -0.15) is 0 Å². The minimum Gasteiger partial charge on any atom is -0.481 e. The van der Waals surface area contributed by atoms with Crippen molar-refractivity contribution in [2.75, 3.05) is 19.7 Å². The Kier molecular flexibility index (Phi) is 3.98. The van der Waals surface area contributed by atoms with Crippen LogP contribution in [0.25, 0.3) is 0 Å². The van der Waals surface area contributed by atoms with E-state index in [0.717, 1.165) is 4.88 Å². The van der Waals surface area contributed by atoms with Crippen molar-refractivity contribution < 1.29 is 19.4 Å². The van der Waals surface area contributed by atoms with Crippen LogP contribution >= 0.6 is 11.3 Å². The lowest BCUT2D eigenvalue weighted by Crippen LogP contribution is -2.46. The first-order valence-corrected chi connectivity index (χ1v) is 6.57. The van der Waals surface area contributed by atoms with Gasteiger partial charge >= 0.3 is 5.97 Å². The smallest absolute Gasteiger partial charge is 0.306 e. The highest BCUT2D eigenvalue weighted by atomic mass is 32.1. The monoisotopic (exact) mass is 269 g/mol. The number of rotatable bonds is 3. The highest BCUT2D eigenvalue weighted by Crippen LogP contribution is 2.19. The fraction of sp³-hybridized carbons (Fsp3) is 0.500. The Morgan fingerprint density at radius 3 is 2.94 bits per heavy atom. The van der Waals surface area contributed by atoms with E-state index < -0.39 is 12.1 Å². The van der Waals surface area contributed by atoms with Crippen LogP contribution in [0.4, 0.5) is 0 Å². The second kappa shape index (κ2) is 5.49. The lowest BCUT2D eigenvalue weighted by atomic mass is 10.2. The number of morpholine rings is 1. The topological polar surface area (TPSA) is 66.8 Å². The molecule has 2 rings (SSSR count). The molecule has 0 aromatic carbocycles. The lowest BCUT2D eigenvalue weighted by molar-refractivity contribution is -0.141. The van der Waals surface area contributed by atoms with Crippen molar-refractivity contribution in [2.24, 2.45) is 0 Å². The number of nitrogens with zero attached hydrogens (tertiary/aromatic N) is 1. The molecule has 0 radical (unpaired) electrons. The van der Waals surface area contributed by atoms with Crippen LogP contribution in [-0.4, -0.2) is 47.7 Å². The zero-order valence-electron chi connectivity index (χ0n) is 10.1. The molecule has 6 heteroatoms. The van der Waals surface area contributed by atoms with Crippen LogP contribution in [0.5, 0.6) is 0 Å². The number of carboxylic acid groups (broad SMARTS) is 1. The second-order valence-electron chi connectivity index (χ2n) is 4.25. The largest absolute Gasteiger partial charge is 0.481 e. The van der Waals surface area contributed by atoms with Gasteiger partial charge in [-0.15, -0.1) is 11.3 Å². The van der Waals surface area contributed by atoms with Gasteiger partial charge in [-0.05, 0) is 19.1 Å². The van der Waals surface area contributed by atoms with E-state index in [9.17, 15) is 9.59 Å². The van der Waals surface area contributed by atoms with Gasteiger partial charge in [0.1, 0.15) is 0 Å². The molecule has 1 saturated heterocycles. The van der Waals surface area contributed by atoms with Crippen molar-refractivity contribution in [3.63, 3.8) is 0 Å². The van der Waals surface area contributed by atoms with Gasteiger partial charge in [-0.1, -0.05) is 0 Å². The molecular formula is C12H15NO4S. The van der Waals surface area contributed by atoms with E-state index in [-0.39, 0.29) is 12.3 Å². The van der Waals surface area contributed by atoms with Gasteiger partial charge in [-0.25, -0.2) is 0 Å². The number of aliphatic carboxylic acids is 1. The van der Waals surface area contributed by atoms with Crippen LogP contribution < -0.4 is 0 Å². The summed E-state index contributed by atoms with van der Waals surface area (Å²) in [6.07, 6.45) is -0.464. The minimum atomic E-state index is -0.902. The Morgan fingerprint density at radius 2 is 2.33 bits per heavy atom. The first-order chi connectivity index (χ1) is 8.56. The van der Waals surface area contributed by atoms with Crippen molar-refractivity contribution in [1.82, 2.24) is 4.90 Å². The van der Waals surface area contributed by atoms with Gasteiger partial charge in [0.2, 0.25) is 0 Å². The number of carboxylic acids is 1. The molecule has 0 bridgehead atoms. The van der Waals surface area contributed by atoms with E-state index >= 15 is 0 Å². The zero-order chi connectivity index (χ0) is 13.1. The third kappa shape index (κ3) is 3.08. The van der Waals surface area contributed by atoms with Crippen LogP contribution in [-0.2, 0) is 9.53 Å². The fourth-order valence-corrected chi connectivity index (χ4v) is 2.76. The number of carbonyl (C=O) groups excluding carboxylic acids is 1. The molecule has 1 aromatic rings. The summed E-state index contributed by atoms with van der Waals surface area (Å²) < 4.78 is 5.34. The van der Waals surface area contributed by atoms with Gasteiger partial charge in [0, 0.05) is 18.0 Å². The van der Waals surface area contributed by atoms with E-state index in [1.54, 1.807) is 4.90 Å². The van der Waals surface area contributed by atoms with Crippen molar-refractivity contribution in [1.29, 1.82) is 0 Å². The number of thiophene rings is 1. The van der Waals surface area contributed by atoms with Crippen molar-refractivity contribution in [3.8, 4) is 0 Å². The molecule has 18 heavy (non-hydrogen) atoms. The molecule has 1 aromatic heterocycles. The molecule has 5 nitrogen and oxygen atoms in total. The summed E-state index contributed by atoms with van der Waals surface area (Å²) in [5, 5.41) is 8.73. The van der Waals surface area contributed by atoms with E-state index in [1.807, 2.05) is 19.1 Å². The molecule has 1 fully saturated rings. The molecule has 2 heterocycles. The molecule has 1 atom stereocenters. The maximum Gasteiger partial charge on any atom is 0.306 e. The van der Waals surface area contributed by atoms with Crippen molar-refractivity contribution in [3.05, 3.63) is 21.9 Å². The van der Waals surface area contributed by atoms with Crippen LogP contribution in [0, 0.1) is 6.92 Å². The summed E-state index contributed by atoms with van der Waals surface area (Å²) in [5.74, 6) is -0.937. The Hall–Kier alpha value is -1.40. The van der Waals surface area contributed by atoms with E-state index in [4.69, 9.17) is 9.84 Å². The Morgan fingerprint density at radius 1 is 1.56 bits per heavy atom. The van der Waals surface area contributed by atoms with E-state index in [0.29, 0.717) is 24.6 Å². The lowest BCUT2D eigenvalue weighted by Gasteiger charge is -2.32. The molecule has 0 saturated carbocycles. The standard InChI is InChI=1S/C12H15NO4S/c1-8-2-3-10(18-8)12(16)13-4-5-17-9(7-13)6-11(14)15/h2-3,9H,4-7H2,1H3,(H,14,15)/t9-/m0/s1. The predicted octanol–water partition coefficient (Wildman–Crippen LogP) is 1.37. The Balaban J connectivity index is 2.00. The van der Waals surface area contributed by atoms with Crippen LogP contribution in [0.2, 0.25) is 0 Å². The van der Waals surface area contributed by atoms with E-state index in [2.05, 4.69) is 0 Å². The summed E-state index contributed by atoms with van der Waals surface area (Å²) in [6.45, 7) is 3.22. The van der Waals surface area contributed by atoms with Crippen LogP contribution in [0.1, 0.15) is 21.0 Å². The van der Waals surface area contributed by atoms with Gasteiger partial charge in [-0.3, -0.25) is 9.59 Å². The first-order valence-electron chi connectivity index (χ1n) is 5.75. The first kappa shape index (κ1) is 13.0. The molecule has 0 aliphatic carbocycles. The van der Waals surface area contributed by atoms with Crippen molar-refractivity contribution in [2.45, 2.75) is 19.4 Å². The summed E-state index contributed by atoms with van der Waals surface area (Å²) in [7, 11) is 0. The second-order valence-corrected chi connectivity index (χ2v) is 5.54. The maximum atomic E-state index is 12.2. The quantitative estimate of drug-likeness (QED) is 0.900. The fourth-order valence-electron chi connectivity index (χ4n) is 1.93. The minimum absolute atomic E-state index is 0.0354. The molecule has 1 aliphatic heterocycles. The maximum absolute atomic E-state index is 12.2. The van der Waals surface area contributed by atoms with Gasteiger partial charge in [0.05, 0.1) is 24.0 Å². The number of amides is 1. The highest BCUT2D eigenvalue weighted by molar-refractivity contribution is 7.13. The highest BCUT2D eigenvalue weighted by Gasteiger charge is 2.27. The zero-order valence-corrected chi connectivity index (χ0v) is 10.9. The van der Waals surface area contributed by atoms with Gasteiger partial charge in [0.25, 0.3) is 5.91 Å². The number of carbonyl (C=O) groups is 2. The number of ether oxygens (including phenoxy) is 1. The SMILES string of the molecule is Cc1ccc(C(=O)N2CCO[C@@H](CC(=O)O)C2)s1. The van der Waals surface area contributed by atoms with E-state index in [1.165, 1.54) is 11.3 Å². The molecule has 1 N–H and O–H groups in total. The molecule has 98 valence electrons. The molecule has 1 aliphatic rings. The molecule has 1 amide bonds. The number of hydrogen-bond donors (Lipinski definition) is 1. The predicted molar refractivity (Wildman–Crippen MR) is 67.0 cm³/mol. The van der Waals surface area contributed by atoms with Crippen LogP contribution in [0.15, 0.2) is 12.1 Å². The van der Waals surface area contributed by atoms with Crippen LogP contribution in [0.3, 0.4) is 0 Å². The number of hydrogen-bond acceptors (Lipinski definition) is 4. The summed E-state index contributed by atoms with van der Waals surface area (Å²) >= 11 is 1.46. The molecule has 0 spiro atoms. The Labute approximate surface area is 109 Å².